The van der Waals surface area contributed by atoms with E-state index < -0.39 is 11.9 Å². The zero-order valence-electron chi connectivity index (χ0n) is 17.3. The molecule has 0 bridgehead atoms. The summed E-state index contributed by atoms with van der Waals surface area (Å²) >= 11 is 1.10. The monoisotopic (exact) mass is 446 g/mol. The third-order valence-corrected chi connectivity index (χ3v) is 6.35. The number of hydrogen-bond donors (Lipinski definition) is 1. The van der Waals surface area contributed by atoms with Gasteiger partial charge in [-0.2, -0.15) is 0 Å². The number of aromatic nitrogens is 2. The summed E-state index contributed by atoms with van der Waals surface area (Å²) in [5.41, 5.74) is 0.803. The topological polar surface area (TPSA) is 88.3 Å². The highest BCUT2D eigenvalue weighted by molar-refractivity contribution is 7.03. The molecule has 4 aromatic rings. The molecule has 8 heteroatoms. The van der Waals surface area contributed by atoms with E-state index in [1.807, 2.05) is 42.5 Å². The molecule has 0 radical (unpaired) electrons. The van der Waals surface area contributed by atoms with Crippen LogP contribution < -0.4 is 10.2 Å². The van der Waals surface area contributed by atoms with Crippen LogP contribution >= 0.6 is 11.5 Å². The minimum atomic E-state index is -0.981. The fourth-order valence-electron chi connectivity index (χ4n) is 4.34. The molecule has 1 N–H and O–H groups in total. The number of carbonyl (C=O) groups is 2. The number of fused-ring (bicyclic) bond motifs is 1. The summed E-state index contributed by atoms with van der Waals surface area (Å²) in [6.07, 6.45) is 5.57. The SMILES string of the molecule is O=C(NC1CCCC1)C(c1ccco1)N(C(=O)c1csnn1)c1cccc2ccccc12. The highest BCUT2D eigenvalue weighted by Crippen LogP contribution is 2.35. The van der Waals surface area contributed by atoms with Crippen molar-refractivity contribution in [2.24, 2.45) is 0 Å². The minimum absolute atomic E-state index is 0.102. The van der Waals surface area contributed by atoms with Gasteiger partial charge in [-0.1, -0.05) is 53.7 Å². The first-order valence-electron chi connectivity index (χ1n) is 10.6. The molecule has 0 aliphatic heterocycles. The zero-order chi connectivity index (χ0) is 21.9. The Bertz CT molecular complexity index is 1210. The average Bonchev–Trinajstić information content (AvgIpc) is 3.60. The predicted octanol–water partition coefficient (Wildman–Crippen LogP) is 4.73. The van der Waals surface area contributed by atoms with Gasteiger partial charge in [-0.25, -0.2) is 0 Å². The van der Waals surface area contributed by atoms with E-state index in [0.717, 1.165) is 48.0 Å². The minimum Gasteiger partial charge on any atom is -0.467 e. The molecule has 2 aromatic heterocycles. The number of hydrogen-bond acceptors (Lipinski definition) is 6. The lowest BCUT2D eigenvalue weighted by atomic mass is 10.0. The lowest BCUT2D eigenvalue weighted by Gasteiger charge is -2.31. The Hall–Kier alpha value is -3.52. The molecule has 2 heterocycles. The van der Waals surface area contributed by atoms with Gasteiger partial charge in [-0.05, 0) is 48.0 Å². The number of anilines is 1. The van der Waals surface area contributed by atoms with Crippen LogP contribution in [0.15, 0.2) is 70.7 Å². The molecule has 1 aliphatic rings. The highest BCUT2D eigenvalue weighted by atomic mass is 32.1. The van der Waals surface area contributed by atoms with Gasteiger partial charge in [0.1, 0.15) is 5.76 Å². The molecular weight excluding hydrogens is 424 g/mol. The van der Waals surface area contributed by atoms with Gasteiger partial charge in [0.25, 0.3) is 11.8 Å². The molecule has 1 fully saturated rings. The molecule has 162 valence electrons. The second-order valence-corrected chi connectivity index (χ2v) is 8.48. The Labute approximate surface area is 189 Å². The second kappa shape index (κ2) is 8.92. The standard InChI is InChI=1S/C24H22N4O3S/c29-23(25-17-9-2-3-10-17)22(21-13-6-14-31-21)28(24(30)19-15-32-27-26-19)20-12-5-8-16-7-1-4-11-18(16)20/h1,4-8,11-15,17,22H,2-3,9-10H2,(H,25,29). The predicted molar refractivity (Wildman–Crippen MR) is 123 cm³/mol. The van der Waals surface area contributed by atoms with Crippen molar-refractivity contribution in [1.29, 1.82) is 0 Å². The molecule has 1 aliphatic carbocycles. The summed E-state index contributed by atoms with van der Waals surface area (Å²) in [6.45, 7) is 0. The maximum Gasteiger partial charge on any atom is 0.280 e. The van der Waals surface area contributed by atoms with Crippen LogP contribution in [0.4, 0.5) is 5.69 Å². The molecule has 5 rings (SSSR count). The number of nitrogens with zero attached hydrogens (tertiary/aromatic N) is 3. The summed E-state index contributed by atoms with van der Waals surface area (Å²) in [4.78, 5) is 28.8. The summed E-state index contributed by atoms with van der Waals surface area (Å²) in [5.74, 6) is -0.278. The average molecular weight is 447 g/mol. The van der Waals surface area contributed by atoms with Crippen molar-refractivity contribution >= 4 is 39.8 Å². The third-order valence-electron chi connectivity index (χ3n) is 5.84. The van der Waals surface area contributed by atoms with Gasteiger partial charge in [-0.15, -0.1) is 5.10 Å². The first-order chi connectivity index (χ1) is 15.7. The molecule has 0 saturated heterocycles. The van der Waals surface area contributed by atoms with Crippen molar-refractivity contribution in [2.45, 2.75) is 37.8 Å². The van der Waals surface area contributed by atoms with Gasteiger partial charge in [-0.3, -0.25) is 14.5 Å². The molecular formula is C24H22N4O3S. The van der Waals surface area contributed by atoms with Crippen LogP contribution in [0.25, 0.3) is 10.8 Å². The van der Waals surface area contributed by atoms with Crippen LogP contribution in [-0.4, -0.2) is 27.4 Å². The van der Waals surface area contributed by atoms with Gasteiger partial charge in [0.2, 0.25) is 0 Å². The van der Waals surface area contributed by atoms with E-state index in [1.165, 1.54) is 11.2 Å². The number of carbonyl (C=O) groups excluding carboxylic acids is 2. The largest absolute Gasteiger partial charge is 0.467 e. The smallest absolute Gasteiger partial charge is 0.280 e. The normalized spacial score (nSPS) is 15.0. The summed E-state index contributed by atoms with van der Waals surface area (Å²) in [7, 11) is 0. The van der Waals surface area contributed by atoms with Gasteiger partial charge in [0, 0.05) is 16.8 Å². The van der Waals surface area contributed by atoms with Gasteiger partial charge >= 0.3 is 0 Å². The van der Waals surface area contributed by atoms with E-state index in [4.69, 9.17) is 4.42 Å². The number of nitrogens with one attached hydrogen (secondary N) is 1. The third kappa shape index (κ3) is 3.89. The zero-order valence-corrected chi connectivity index (χ0v) is 18.1. The lowest BCUT2D eigenvalue weighted by Crippen LogP contribution is -2.46. The number of amides is 2. The highest BCUT2D eigenvalue weighted by Gasteiger charge is 2.38. The maximum atomic E-state index is 13.7. The van der Waals surface area contributed by atoms with Crippen molar-refractivity contribution < 1.29 is 14.0 Å². The molecule has 2 aromatic carbocycles. The van der Waals surface area contributed by atoms with E-state index in [1.54, 1.807) is 17.5 Å². The number of rotatable bonds is 6. The van der Waals surface area contributed by atoms with Crippen molar-refractivity contribution in [3.05, 3.63) is 77.7 Å². The first-order valence-corrected chi connectivity index (χ1v) is 11.5. The Morgan fingerprint density at radius 3 is 2.62 bits per heavy atom. The van der Waals surface area contributed by atoms with Crippen LogP contribution in [0, 0.1) is 0 Å². The molecule has 0 spiro atoms. The van der Waals surface area contributed by atoms with Gasteiger partial charge in [0.05, 0.1) is 12.0 Å². The Morgan fingerprint density at radius 2 is 1.88 bits per heavy atom. The van der Waals surface area contributed by atoms with Crippen molar-refractivity contribution in [3.8, 4) is 0 Å². The molecule has 1 unspecified atom stereocenters. The van der Waals surface area contributed by atoms with Crippen LogP contribution in [-0.2, 0) is 4.79 Å². The summed E-state index contributed by atoms with van der Waals surface area (Å²) in [5, 5.41) is 10.5. The van der Waals surface area contributed by atoms with E-state index >= 15 is 0 Å². The van der Waals surface area contributed by atoms with E-state index in [0.29, 0.717) is 11.4 Å². The van der Waals surface area contributed by atoms with Gasteiger partial charge < -0.3 is 9.73 Å². The van der Waals surface area contributed by atoms with Crippen LogP contribution in [0.1, 0.15) is 48.0 Å². The van der Waals surface area contributed by atoms with Crippen molar-refractivity contribution in [3.63, 3.8) is 0 Å². The number of furan rings is 1. The summed E-state index contributed by atoms with van der Waals surface area (Å²) < 4.78 is 9.53. The maximum absolute atomic E-state index is 13.7. The second-order valence-electron chi connectivity index (χ2n) is 7.87. The first kappa shape index (κ1) is 20.4. The van der Waals surface area contributed by atoms with Crippen LogP contribution in [0.2, 0.25) is 0 Å². The van der Waals surface area contributed by atoms with Crippen molar-refractivity contribution in [2.75, 3.05) is 4.90 Å². The molecule has 2 amide bonds. The Kier molecular flexibility index (Phi) is 5.68. The lowest BCUT2D eigenvalue weighted by molar-refractivity contribution is -0.123. The van der Waals surface area contributed by atoms with Gasteiger partial charge in [0.15, 0.2) is 11.7 Å². The quantitative estimate of drug-likeness (QED) is 0.463. The van der Waals surface area contributed by atoms with E-state index in [-0.39, 0.29) is 17.6 Å². The summed E-state index contributed by atoms with van der Waals surface area (Å²) in [6, 6.07) is 16.1. The van der Waals surface area contributed by atoms with E-state index in [9.17, 15) is 9.59 Å². The van der Waals surface area contributed by atoms with Crippen molar-refractivity contribution in [1.82, 2.24) is 14.9 Å². The molecule has 1 atom stereocenters. The van der Waals surface area contributed by atoms with Crippen LogP contribution in [0.5, 0.6) is 0 Å². The molecule has 1 saturated carbocycles. The molecule has 7 nitrogen and oxygen atoms in total. The fourth-order valence-corrected chi connectivity index (χ4v) is 4.77. The van der Waals surface area contributed by atoms with E-state index in [2.05, 4.69) is 14.9 Å². The molecule has 32 heavy (non-hydrogen) atoms. The Morgan fingerprint density at radius 1 is 1.06 bits per heavy atom. The fraction of sp³-hybridized carbons (Fsp3) is 0.250. The number of benzene rings is 2. The van der Waals surface area contributed by atoms with Crippen LogP contribution in [0.3, 0.4) is 0 Å². The Balaban J connectivity index is 1.66.